The van der Waals surface area contributed by atoms with Crippen LogP contribution in [0.1, 0.15) is 42.1 Å². The number of alkyl halides is 3. The number of likely N-dealkylation sites (tertiary alicyclic amines) is 1. The van der Waals surface area contributed by atoms with Crippen LogP contribution in [0.3, 0.4) is 0 Å². The summed E-state index contributed by atoms with van der Waals surface area (Å²) in [5.41, 5.74) is 0.164. The van der Waals surface area contributed by atoms with Gasteiger partial charge >= 0.3 is 6.18 Å². The first kappa shape index (κ1) is 19.8. The van der Waals surface area contributed by atoms with Gasteiger partial charge in [0.25, 0.3) is 0 Å². The number of nitrogens with zero attached hydrogens (tertiary/aromatic N) is 3. The van der Waals surface area contributed by atoms with Crippen molar-refractivity contribution in [2.45, 2.75) is 45.0 Å². The number of hydrogen-bond donors (Lipinski definition) is 0. The average Bonchev–Trinajstić information content (AvgIpc) is 3.07. The summed E-state index contributed by atoms with van der Waals surface area (Å²) >= 11 is 0. The Hall–Kier alpha value is -1.93. The van der Waals surface area contributed by atoms with Crippen molar-refractivity contribution >= 4 is 0 Å². The molecule has 0 amide bonds. The molecule has 27 heavy (non-hydrogen) atoms. The van der Waals surface area contributed by atoms with Gasteiger partial charge in [0, 0.05) is 13.7 Å². The Morgan fingerprint density at radius 1 is 1.33 bits per heavy atom. The third-order valence-corrected chi connectivity index (χ3v) is 4.84. The zero-order valence-corrected chi connectivity index (χ0v) is 15.3. The summed E-state index contributed by atoms with van der Waals surface area (Å²) in [5.74, 6) is 1.56. The average molecular weight is 383 g/mol. The highest BCUT2D eigenvalue weighted by Gasteiger charge is 2.30. The first-order chi connectivity index (χ1) is 12.9. The molecule has 148 valence electrons. The van der Waals surface area contributed by atoms with E-state index in [9.17, 15) is 13.2 Å². The number of hydrogen-bond acceptors (Lipinski definition) is 5. The van der Waals surface area contributed by atoms with Gasteiger partial charge in [-0.25, -0.2) is 0 Å². The summed E-state index contributed by atoms with van der Waals surface area (Å²) < 4.78 is 48.7. The molecule has 5 nitrogen and oxygen atoms in total. The van der Waals surface area contributed by atoms with E-state index in [2.05, 4.69) is 15.0 Å². The fourth-order valence-electron chi connectivity index (χ4n) is 3.54. The zero-order chi connectivity index (χ0) is 19.3. The molecule has 2 heterocycles. The van der Waals surface area contributed by atoms with Crippen molar-refractivity contribution in [1.82, 2.24) is 15.0 Å². The largest absolute Gasteiger partial charge is 0.416 e. The van der Waals surface area contributed by atoms with Gasteiger partial charge in [-0.15, -0.1) is 0 Å². The van der Waals surface area contributed by atoms with Crippen LogP contribution in [0.4, 0.5) is 13.2 Å². The zero-order valence-electron chi connectivity index (χ0n) is 15.3. The molecule has 1 aromatic carbocycles. The number of rotatable bonds is 7. The van der Waals surface area contributed by atoms with E-state index >= 15 is 0 Å². The van der Waals surface area contributed by atoms with Crippen molar-refractivity contribution in [2.24, 2.45) is 5.92 Å². The van der Waals surface area contributed by atoms with E-state index in [0.717, 1.165) is 44.0 Å². The molecular weight excluding hydrogens is 359 g/mol. The van der Waals surface area contributed by atoms with Gasteiger partial charge in [-0.2, -0.15) is 18.2 Å². The fraction of sp³-hybridized carbons (Fsp3) is 0.579. The van der Waals surface area contributed by atoms with Crippen LogP contribution in [0.15, 0.2) is 28.8 Å². The summed E-state index contributed by atoms with van der Waals surface area (Å²) in [4.78, 5) is 6.56. The standard InChI is InChI=1S/C19H24F3N3O2/c1-26-13-17-23-18(27-24-17)12-25-9-3-5-15(11-25)8-7-14-4-2-6-16(10-14)19(20,21)22/h2,4,6,10,15H,3,5,7-9,11-13H2,1H3/t15-/m1/s1. The Morgan fingerprint density at radius 2 is 2.19 bits per heavy atom. The third kappa shape index (κ3) is 5.77. The Balaban J connectivity index is 1.51. The molecule has 0 bridgehead atoms. The minimum atomic E-state index is -4.29. The summed E-state index contributed by atoms with van der Waals surface area (Å²) in [6.07, 6.45) is -0.610. The lowest BCUT2D eigenvalue weighted by Gasteiger charge is -2.31. The summed E-state index contributed by atoms with van der Waals surface area (Å²) in [6, 6.07) is 5.63. The summed E-state index contributed by atoms with van der Waals surface area (Å²) in [6.45, 7) is 2.77. The number of halogens is 3. The SMILES string of the molecule is COCc1noc(CN2CCC[C@H](CCc3cccc(C(F)(F)F)c3)C2)n1. The predicted octanol–water partition coefficient (Wildman–Crippen LogP) is 4.08. The Morgan fingerprint density at radius 3 is 2.96 bits per heavy atom. The van der Waals surface area contributed by atoms with E-state index in [1.54, 1.807) is 13.2 Å². The number of aromatic nitrogens is 2. The van der Waals surface area contributed by atoms with E-state index < -0.39 is 11.7 Å². The Labute approximate surface area is 156 Å². The number of piperidine rings is 1. The second-order valence-corrected chi connectivity index (χ2v) is 7.02. The fourth-order valence-corrected chi connectivity index (χ4v) is 3.54. The maximum Gasteiger partial charge on any atom is 0.416 e. The molecule has 0 spiro atoms. The lowest BCUT2D eigenvalue weighted by molar-refractivity contribution is -0.137. The molecule has 0 saturated carbocycles. The van der Waals surface area contributed by atoms with Crippen molar-refractivity contribution in [3.05, 3.63) is 47.1 Å². The molecule has 1 aromatic heterocycles. The van der Waals surface area contributed by atoms with E-state index in [-0.39, 0.29) is 0 Å². The second-order valence-electron chi connectivity index (χ2n) is 7.02. The highest BCUT2D eigenvalue weighted by molar-refractivity contribution is 5.25. The van der Waals surface area contributed by atoms with Crippen molar-refractivity contribution in [3.63, 3.8) is 0 Å². The maximum absolute atomic E-state index is 12.8. The first-order valence-electron chi connectivity index (χ1n) is 9.13. The minimum Gasteiger partial charge on any atom is -0.377 e. The lowest BCUT2D eigenvalue weighted by Crippen LogP contribution is -2.35. The van der Waals surface area contributed by atoms with Crippen molar-refractivity contribution < 1.29 is 22.4 Å². The van der Waals surface area contributed by atoms with Crippen molar-refractivity contribution in [3.8, 4) is 0 Å². The normalized spacial score (nSPS) is 18.7. The van der Waals surface area contributed by atoms with Crippen molar-refractivity contribution in [1.29, 1.82) is 0 Å². The molecule has 0 unspecified atom stereocenters. The summed E-state index contributed by atoms with van der Waals surface area (Å²) in [7, 11) is 1.58. The smallest absolute Gasteiger partial charge is 0.377 e. The number of methoxy groups -OCH3 is 1. The topological polar surface area (TPSA) is 51.4 Å². The van der Waals surface area contributed by atoms with Crippen molar-refractivity contribution in [2.75, 3.05) is 20.2 Å². The minimum absolute atomic E-state index is 0.323. The van der Waals surface area contributed by atoms with Gasteiger partial charge in [-0.1, -0.05) is 23.4 Å². The molecule has 1 saturated heterocycles. The molecule has 0 N–H and O–H groups in total. The van der Waals surface area contributed by atoms with Crippen LogP contribution < -0.4 is 0 Å². The van der Waals surface area contributed by atoms with Crippen LogP contribution in [0.25, 0.3) is 0 Å². The van der Waals surface area contributed by atoms with Gasteiger partial charge < -0.3 is 9.26 Å². The third-order valence-electron chi connectivity index (χ3n) is 4.84. The van der Waals surface area contributed by atoms with Crippen LogP contribution in [0.2, 0.25) is 0 Å². The second kappa shape index (κ2) is 8.84. The van der Waals surface area contributed by atoms with E-state index in [1.807, 2.05) is 0 Å². The molecule has 1 aliphatic rings. The molecule has 0 radical (unpaired) electrons. The Kier molecular flexibility index (Phi) is 6.49. The predicted molar refractivity (Wildman–Crippen MR) is 92.8 cm³/mol. The highest BCUT2D eigenvalue weighted by atomic mass is 19.4. The van der Waals surface area contributed by atoms with E-state index in [0.29, 0.717) is 37.2 Å². The molecule has 8 heteroatoms. The molecule has 3 rings (SSSR count). The Bertz CT molecular complexity index is 733. The van der Waals surface area contributed by atoms with Gasteiger partial charge in [0.1, 0.15) is 6.61 Å². The quantitative estimate of drug-likeness (QED) is 0.721. The number of aryl methyl sites for hydroxylation is 1. The molecule has 1 fully saturated rings. The van der Waals surface area contributed by atoms with Gasteiger partial charge in [-0.3, -0.25) is 4.90 Å². The number of benzene rings is 1. The molecular formula is C19H24F3N3O2. The van der Waals surface area contributed by atoms with Crippen LogP contribution in [-0.2, 0) is 30.5 Å². The van der Waals surface area contributed by atoms with Gasteiger partial charge in [-0.05, 0) is 49.8 Å². The molecule has 2 aromatic rings. The van der Waals surface area contributed by atoms with Gasteiger partial charge in [0.2, 0.25) is 5.89 Å². The van der Waals surface area contributed by atoms with E-state index in [1.165, 1.54) is 12.1 Å². The molecule has 1 aliphatic heterocycles. The summed E-state index contributed by atoms with van der Waals surface area (Å²) in [5, 5.41) is 3.86. The molecule has 1 atom stereocenters. The molecule has 0 aliphatic carbocycles. The maximum atomic E-state index is 12.8. The van der Waals surface area contributed by atoms with Gasteiger partial charge in [0.15, 0.2) is 5.82 Å². The monoisotopic (exact) mass is 383 g/mol. The van der Waals surface area contributed by atoms with Crippen LogP contribution in [-0.4, -0.2) is 35.2 Å². The highest BCUT2D eigenvalue weighted by Crippen LogP contribution is 2.30. The van der Waals surface area contributed by atoms with E-state index in [4.69, 9.17) is 9.26 Å². The van der Waals surface area contributed by atoms with Gasteiger partial charge in [0.05, 0.1) is 12.1 Å². The van der Waals surface area contributed by atoms with Crippen LogP contribution >= 0.6 is 0 Å². The number of ether oxygens (including phenoxy) is 1. The van der Waals surface area contributed by atoms with Crippen LogP contribution in [0.5, 0.6) is 0 Å². The lowest BCUT2D eigenvalue weighted by atomic mass is 9.91. The van der Waals surface area contributed by atoms with Crippen LogP contribution in [0, 0.1) is 5.92 Å². The first-order valence-corrected chi connectivity index (χ1v) is 9.13.